The summed E-state index contributed by atoms with van der Waals surface area (Å²) in [5.74, 6) is -1.49. The van der Waals surface area contributed by atoms with Crippen molar-refractivity contribution in [1.29, 1.82) is 0 Å². The number of ketones is 1. The fourth-order valence-corrected chi connectivity index (χ4v) is 4.81. The van der Waals surface area contributed by atoms with Gasteiger partial charge in [-0.3, -0.25) is 14.5 Å². The van der Waals surface area contributed by atoms with Crippen molar-refractivity contribution in [2.75, 3.05) is 12.0 Å². The van der Waals surface area contributed by atoms with Gasteiger partial charge in [-0.05, 0) is 43.2 Å². The number of aryl methyl sites for hydroxylation is 2. The van der Waals surface area contributed by atoms with Crippen LogP contribution in [0.25, 0.3) is 11.0 Å². The molecular weight excluding hydrogens is 466 g/mol. The Balaban J connectivity index is 1.67. The highest BCUT2D eigenvalue weighted by Crippen LogP contribution is 2.44. The number of hydrogen-bond donors (Lipinski definition) is 1. The number of nitrogens with zero attached hydrogens (tertiary/aromatic N) is 1. The molecule has 0 bridgehead atoms. The number of aliphatic hydroxyl groups excluding tert-OH is 1. The number of fused-ring (bicyclic) bond motifs is 1. The Hall–Kier alpha value is -4.03. The number of carbonyl (C=O) groups excluding carboxylic acids is 2. The Morgan fingerprint density at radius 1 is 1.06 bits per heavy atom. The van der Waals surface area contributed by atoms with Gasteiger partial charge in [0, 0.05) is 22.2 Å². The van der Waals surface area contributed by atoms with Crippen LogP contribution in [0, 0.1) is 13.8 Å². The lowest BCUT2D eigenvalue weighted by Crippen LogP contribution is -2.31. The molecule has 1 N–H and O–H groups in total. The lowest BCUT2D eigenvalue weighted by molar-refractivity contribution is -0.117. The van der Waals surface area contributed by atoms with Gasteiger partial charge in [-0.25, -0.2) is 0 Å². The molecule has 0 saturated carbocycles. The molecule has 1 aliphatic rings. The quantitative estimate of drug-likeness (QED) is 0.325. The second-order valence-corrected chi connectivity index (χ2v) is 8.94. The maximum absolute atomic E-state index is 13.8. The number of benzene rings is 3. The van der Waals surface area contributed by atoms with Crippen LogP contribution in [-0.2, 0) is 4.79 Å². The lowest BCUT2D eigenvalue weighted by Gasteiger charge is -2.28. The monoisotopic (exact) mass is 487 g/mol. The number of aliphatic hydroxyl groups is 1. The largest absolute Gasteiger partial charge is 0.503 e. The van der Waals surface area contributed by atoms with Crippen molar-refractivity contribution in [3.63, 3.8) is 0 Å². The van der Waals surface area contributed by atoms with Gasteiger partial charge in [0.2, 0.25) is 5.78 Å². The number of anilines is 1. The molecular formula is C28H22ClNO5. The maximum atomic E-state index is 13.8. The van der Waals surface area contributed by atoms with Gasteiger partial charge in [-0.15, -0.1) is 0 Å². The van der Waals surface area contributed by atoms with Crippen LogP contribution in [0.15, 0.2) is 82.5 Å². The number of ether oxygens (including phenoxy) is 1. The molecule has 0 radical (unpaired) electrons. The minimum Gasteiger partial charge on any atom is -0.503 e. The molecule has 0 aliphatic carbocycles. The first kappa shape index (κ1) is 22.7. The van der Waals surface area contributed by atoms with Crippen LogP contribution < -0.4 is 9.64 Å². The van der Waals surface area contributed by atoms with E-state index >= 15 is 0 Å². The Morgan fingerprint density at radius 3 is 2.49 bits per heavy atom. The minimum absolute atomic E-state index is 0.0293. The number of methoxy groups -OCH3 is 1. The first-order chi connectivity index (χ1) is 16.8. The Morgan fingerprint density at radius 2 is 1.80 bits per heavy atom. The van der Waals surface area contributed by atoms with E-state index in [-0.39, 0.29) is 11.3 Å². The molecule has 35 heavy (non-hydrogen) atoms. The second-order valence-electron chi connectivity index (χ2n) is 8.51. The van der Waals surface area contributed by atoms with Crippen molar-refractivity contribution in [1.82, 2.24) is 0 Å². The minimum atomic E-state index is -0.837. The van der Waals surface area contributed by atoms with Gasteiger partial charge in [0.15, 0.2) is 22.9 Å². The van der Waals surface area contributed by atoms with Crippen LogP contribution in [0.1, 0.15) is 33.3 Å². The predicted octanol–water partition coefficient (Wildman–Crippen LogP) is 6.49. The van der Waals surface area contributed by atoms with Gasteiger partial charge in [0.1, 0.15) is 0 Å². The third-order valence-electron chi connectivity index (χ3n) is 6.17. The number of Topliss-reactive ketones (excluding diaryl/α,β-unsaturated/α-hetero) is 1. The molecule has 2 heterocycles. The van der Waals surface area contributed by atoms with E-state index in [1.54, 1.807) is 18.2 Å². The smallest absolute Gasteiger partial charge is 0.294 e. The molecule has 176 valence electrons. The molecule has 0 spiro atoms. The van der Waals surface area contributed by atoms with Gasteiger partial charge < -0.3 is 14.3 Å². The van der Waals surface area contributed by atoms with Crippen molar-refractivity contribution >= 4 is 39.9 Å². The lowest BCUT2D eigenvalue weighted by atomic mass is 9.94. The fraction of sp³-hybridized carbons (Fsp3) is 0.143. The average molecular weight is 488 g/mol. The summed E-state index contributed by atoms with van der Waals surface area (Å²) in [6, 6.07) is 18.8. The van der Waals surface area contributed by atoms with E-state index < -0.39 is 23.5 Å². The van der Waals surface area contributed by atoms with Gasteiger partial charge in [0.25, 0.3) is 5.91 Å². The third kappa shape index (κ3) is 3.76. The molecule has 4 aromatic rings. The van der Waals surface area contributed by atoms with Crippen molar-refractivity contribution in [2.45, 2.75) is 19.9 Å². The average Bonchev–Trinajstić information content (AvgIpc) is 3.38. The highest BCUT2D eigenvalue weighted by Gasteiger charge is 2.45. The number of amides is 1. The summed E-state index contributed by atoms with van der Waals surface area (Å²) < 4.78 is 11.2. The Kier molecular flexibility index (Phi) is 5.61. The molecule has 1 amide bonds. The van der Waals surface area contributed by atoms with Crippen molar-refractivity contribution in [3.05, 3.63) is 106 Å². The van der Waals surface area contributed by atoms with E-state index in [1.165, 1.54) is 12.0 Å². The molecule has 3 aromatic carbocycles. The van der Waals surface area contributed by atoms with E-state index in [1.807, 2.05) is 62.4 Å². The van der Waals surface area contributed by atoms with Gasteiger partial charge in [-0.1, -0.05) is 59.6 Å². The van der Waals surface area contributed by atoms with Crippen LogP contribution in [-0.4, -0.2) is 23.9 Å². The zero-order valence-corrected chi connectivity index (χ0v) is 20.1. The van der Waals surface area contributed by atoms with Crippen molar-refractivity contribution in [2.24, 2.45) is 0 Å². The second kappa shape index (κ2) is 8.64. The highest BCUT2D eigenvalue weighted by atomic mass is 35.5. The predicted molar refractivity (Wildman–Crippen MR) is 134 cm³/mol. The summed E-state index contributed by atoms with van der Waals surface area (Å²) in [7, 11) is 1.48. The number of carbonyl (C=O) groups is 2. The number of hydrogen-bond acceptors (Lipinski definition) is 5. The van der Waals surface area contributed by atoms with Crippen LogP contribution in [0.5, 0.6) is 5.75 Å². The Bertz CT molecular complexity index is 1520. The molecule has 1 aliphatic heterocycles. The fourth-order valence-electron chi connectivity index (χ4n) is 4.59. The molecule has 1 atom stereocenters. The Labute approximate surface area is 207 Å². The van der Waals surface area contributed by atoms with Gasteiger partial charge in [-0.2, -0.15) is 0 Å². The normalized spacial score (nSPS) is 15.8. The summed E-state index contributed by atoms with van der Waals surface area (Å²) in [6.45, 7) is 3.85. The zero-order chi connectivity index (χ0) is 24.9. The van der Waals surface area contributed by atoms with Crippen LogP contribution in [0.2, 0.25) is 5.02 Å². The van der Waals surface area contributed by atoms with Gasteiger partial charge >= 0.3 is 0 Å². The van der Waals surface area contributed by atoms with Gasteiger partial charge in [0.05, 0.1) is 18.7 Å². The number of rotatable bonds is 5. The zero-order valence-electron chi connectivity index (χ0n) is 19.3. The molecule has 7 heteroatoms. The highest BCUT2D eigenvalue weighted by molar-refractivity contribution is 6.31. The van der Waals surface area contributed by atoms with E-state index in [0.29, 0.717) is 33.0 Å². The van der Waals surface area contributed by atoms with Crippen molar-refractivity contribution in [3.8, 4) is 5.75 Å². The van der Waals surface area contributed by atoms with Crippen molar-refractivity contribution < 1.29 is 23.8 Å². The number of halogens is 1. The summed E-state index contributed by atoms with van der Waals surface area (Å²) in [4.78, 5) is 28.6. The molecule has 0 saturated heterocycles. The van der Waals surface area contributed by atoms with E-state index in [0.717, 1.165) is 11.1 Å². The van der Waals surface area contributed by atoms with Crippen LogP contribution in [0.3, 0.4) is 0 Å². The molecule has 5 rings (SSSR count). The molecule has 1 aromatic heterocycles. The third-order valence-corrected chi connectivity index (χ3v) is 6.39. The van der Waals surface area contributed by atoms with E-state index in [2.05, 4.69) is 0 Å². The topological polar surface area (TPSA) is 80.0 Å². The first-order valence-corrected chi connectivity index (χ1v) is 11.4. The standard InChI is InChI=1S/C28H22ClNO5/c1-15-9-10-20(16(2)11-15)30-24(17-7-5-4-6-8-17)23(26(32)28(30)33)25(31)21-13-18-12-19(29)14-22(34-3)27(18)35-21/h4-14,24,32H,1-3H3. The SMILES string of the molecule is COc1cc(Cl)cc2cc(C(=O)C3=C(O)C(=O)N(c4ccc(C)cc4C)C3c3ccccc3)oc12. The molecule has 1 unspecified atom stereocenters. The molecule has 0 fully saturated rings. The van der Waals surface area contributed by atoms with E-state index in [9.17, 15) is 14.7 Å². The molecule has 6 nitrogen and oxygen atoms in total. The van der Waals surface area contributed by atoms with Crippen LogP contribution >= 0.6 is 11.6 Å². The summed E-state index contributed by atoms with van der Waals surface area (Å²) in [6.07, 6.45) is 0. The first-order valence-electron chi connectivity index (χ1n) is 11.0. The summed E-state index contributed by atoms with van der Waals surface area (Å²) in [5, 5.41) is 12.0. The maximum Gasteiger partial charge on any atom is 0.294 e. The van der Waals surface area contributed by atoms with Crippen LogP contribution in [0.4, 0.5) is 5.69 Å². The number of furan rings is 1. The summed E-state index contributed by atoms with van der Waals surface area (Å²) in [5.41, 5.74) is 3.49. The summed E-state index contributed by atoms with van der Waals surface area (Å²) >= 11 is 6.17. The van der Waals surface area contributed by atoms with E-state index in [4.69, 9.17) is 20.8 Å².